The van der Waals surface area contributed by atoms with E-state index < -0.39 is 0 Å². The van der Waals surface area contributed by atoms with Crippen molar-refractivity contribution in [2.45, 2.75) is 45.3 Å². The summed E-state index contributed by atoms with van der Waals surface area (Å²) in [4.78, 5) is 14.0. The lowest BCUT2D eigenvalue weighted by molar-refractivity contribution is -0.123. The van der Waals surface area contributed by atoms with Gasteiger partial charge in [-0.3, -0.25) is 9.69 Å². The Morgan fingerprint density at radius 1 is 1.53 bits per heavy atom. The molecule has 0 saturated carbocycles. The van der Waals surface area contributed by atoms with Crippen LogP contribution in [0.15, 0.2) is 23.0 Å². The smallest absolute Gasteiger partial charge is 0.222 e. The maximum atomic E-state index is 11.9. The van der Waals surface area contributed by atoms with E-state index >= 15 is 0 Å². The van der Waals surface area contributed by atoms with Gasteiger partial charge in [-0.15, -0.1) is 0 Å². The lowest BCUT2D eigenvalue weighted by atomic mass is 10.1. The van der Waals surface area contributed by atoms with E-state index in [2.05, 4.69) is 10.2 Å². The van der Waals surface area contributed by atoms with E-state index in [0.29, 0.717) is 13.0 Å². The summed E-state index contributed by atoms with van der Waals surface area (Å²) in [6.07, 6.45) is 3.76. The molecule has 108 valence electrons. The predicted molar refractivity (Wildman–Crippen MR) is 75.5 cm³/mol. The molecule has 1 atom stereocenters. The predicted octanol–water partition coefficient (Wildman–Crippen LogP) is 1.34. The Balaban J connectivity index is 2.50. The minimum atomic E-state index is -0.209. The van der Waals surface area contributed by atoms with Gasteiger partial charge in [-0.2, -0.15) is 0 Å². The third kappa shape index (κ3) is 5.89. The molecule has 1 rings (SSSR count). The zero-order chi connectivity index (χ0) is 14.5. The molecule has 0 radical (unpaired) electrons. The van der Waals surface area contributed by atoms with Crippen molar-refractivity contribution in [3.63, 3.8) is 0 Å². The standard InChI is InChI=1S/C14H25N3O2/c1-14(2,3)16-13(18)7-12(8-15)17(4)9-11-5-6-19-10-11/h5-6,10,12H,7-9,15H2,1-4H3,(H,16,18). The number of hydrogen-bond donors (Lipinski definition) is 2. The number of nitrogens with two attached hydrogens (primary N) is 1. The SMILES string of the molecule is CN(Cc1ccoc1)C(CN)CC(=O)NC(C)(C)C. The number of hydrogen-bond acceptors (Lipinski definition) is 4. The van der Waals surface area contributed by atoms with Crippen LogP contribution in [0, 0.1) is 0 Å². The summed E-state index contributed by atoms with van der Waals surface area (Å²) >= 11 is 0. The van der Waals surface area contributed by atoms with E-state index in [-0.39, 0.29) is 17.5 Å². The average Bonchev–Trinajstić information content (AvgIpc) is 2.75. The average molecular weight is 267 g/mol. The van der Waals surface area contributed by atoms with E-state index in [4.69, 9.17) is 10.2 Å². The Hall–Kier alpha value is -1.33. The van der Waals surface area contributed by atoms with Gasteiger partial charge in [0.25, 0.3) is 0 Å². The molecule has 0 spiro atoms. The highest BCUT2D eigenvalue weighted by Crippen LogP contribution is 2.09. The van der Waals surface area contributed by atoms with E-state index in [1.165, 1.54) is 0 Å². The fraction of sp³-hybridized carbons (Fsp3) is 0.643. The molecule has 0 aromatic carbocycles. The maximum absolute atomic E-state index is 11.9. The second-order valence-electron chi connectivity index (χ2n) is 5.94. The van der Waals surface area contributed by atoms with Crippen LogP contribution in [0.4, 0.5) is 0 Å². The van der Waals surface area contributed by atoms with Crippen molar-refractivity contribution < 1.29 is 9.21 Å². The van der Waals surface area contributed by atoms with Crippen LogP contribution < -0.4 is 11.1 Å². The molecule has 0 saturated heterocycles. The van der Waals surface area contributed by atoms with Crippen molar-refractivity contribution in [1.29, 1.82) is 0 Å². The largest absolute Gasteiger partial charge is 0.472 e. The number of nitrogens with zero attached hydrogens (tertiary/aromatic N) is 1. The Bertz CT molecular complexity index is 382. The number of carbonyl (C=O) groups excluding carboxylic acids is 1. The van der Waals surface area contributed by atoms with Crippen LogP contribution in [-0.4, -0.2) is 36.0 Å². The van der Waals surface area contributed by atoms with Gasteiger partial charge in [0.2, 0.25) is 5.91 Å². The van der Waals surface area contributed by atoms with Gasteiger partial charge < -0.3 is 15.5 Å². The molecular formula is C14H25N3O2. The van der Waals surface area contributed by atoms with E-state index in [1.54, 1.807) is 12.5 Å². The first-order valence-corrected chi connectivity index (χ1v) is 6.54. The zero-order valence-electron chi connectivity index (χ0n) is 12.3. The van der Waals surface area contributed by atoms with Crippen LogP contribution in [-0.2, 0) is 11.3 Å². The minimum absolute atomic E-state index is 0.0252. The van der Waals surface area contributed by atoms with Crippen molar-refractivity contribution in [2.75, 3.05) is 13.6 Å². The van der Waals surface area contributed by atoms with Crippen molar-refractivity contribution >= 4 is 5.91 Å². The summed E-state index contributed by atoms with van der Waals surface area (Å²) in [6, 6.07) is 1.94. The highest BCUT2D eigenvalue weighted by molar-refractivity contribution is 5.77. The lowest BCUT2D eigenvalue weighted by Crippen LogP contribution is -2.46. The summed E-state index contributed by atoms with van der Waals surface area (Å²) in [5.74, 6) is 0.0296. The van der Waals surface area contributed by atoms with Gasteiger partial charge in [0, 0.05) is 36.7 Å². The van der Waals surface area contributed by atoms with E-state index in [9.17, 15) is 4.79 Å². The van der Waals surface area contributed by atoms with Crippen molar-refractivity contribution in [3.05, 3.63) is 24.2 Å². The van der Waals surface area contributed by atoms with Crippen LogP contribution in [0.3, 0.4) is 0 Å². The number of likely N-dealkylation sites (N-methyl/N-ethyl adjacent to an activating group) is 1. The van der Waals surface area contributed by atoms with Crippen molar-refractivity contribution in [2.24, 2.45) is 5.73 Å². The van der Waals surface area contributed by atoms with Gasteiger partial charge in [-0.25, -0.2) is 0 Å². The van der Waals surface area contributed by atoms with Gasteiger partial charge in [0.05, 0.1) is 12.5 Å². The molecular weight excluding hydrogens is 242 g/mol. The highest BCUT2D eigenvalue weighted by atomic mass is 16.3. The van der Waals surface area contributed by atoms with Crippen LogP contribution in [0.25, 0.3) is 0 Å². The zero-order valence-corrected chi connectivity index (χ0v) is 12.3. The molecule has 1 heterocycles. The van der Waals surface area contributed by atoms with Gasteiger partial charge >= 0.3 is 0 Å². The highest BCUT2D eigenvalue weighted by Gasteiger charge is 2.20. The molecule has 5 heteroatoms. The Morgan fingerprint density at radius 3 is 2.68 bits per heavy atom. The Morgan fingerprint density at radius 2 is 2.21 bits per heavy atom. The first-order valence-electron chi connectivity index (χ1n) is 6.54. The molecule has 0 bridgehead atoms. The molecule has 0 aliphatic heterocycles. The van der Waals surface area contributed by atoms with Crippen LogP contribution in [0.1, 0.15) is 32.8 Å². The number of rotatable bonds is 6. The first-order chi connectivity index (χ1) is 8.81. The van der Waals surface area contributed by atoms with E-state index in [1.807, 2.05) is 33.9 Å². The topological polar surface area (TPSA) is 71.5 Å². The number of furan rings is 1. The van der Waals surface area contributed by atoms with E-state index in [0.717, 1.165) is 12.1 Å². The molecule has 19 heavy (non-hydrogen) atoms. The monoisotopic (exact) mass is 267 g/mol. The normalized spacial score (nSPS) is 13.6. The van der Waals surface area contributed by atoms with Crippen LogP contribution in [0.2, 0.25) is 0 Å². The Kier molecular flexibility index (Phi) is 5.57. The number of carbonyl (C=O) groups is 1. The molecule has 1 aromatic heterocycles. The second-order valence-corrected chi connectivity index (χ2v) is 5.94. The number of amides is 1. The van der Waals surface area contributed by atoms with Gasteiger partial charge in [0.1, 0.15) is 0 Å². The van der Waals surface area contributed by atoms with Gasteiger partial charge in [0.15, 0.2) is 0 Å². The molecule has 0 aliphatic carbocycles. The number of nitrogens with one attached hydrogen (secondary N) is 1. The first kappa shape index (κ1) is 15.7. The molecule has 0 fully saturated rings. The molecule has 1 amide bonds. The quantitative estimate of drug-likeness (QED) is 0.816. The van der Waals surface area contributed by atoms with Crippen LogP contribution >= 0.6 is 0 Å². The molecule has 0 aliphatic rings. The molecule has 1 unspecified atom stereocenters. The molecule has 3 N–H and O–H groups in total. The Labute approximate surface area is 115 Å². The maximum Gasteiger partial charge on any atom is 0.222 e. The second kappa shape index (κ2) is 6.73. The summed E-state index contributed by atoms with van der Waals surface area (Å²) in [6.45, 7) is 7.08. The van der Waals surface area contributed by atoms with Crippen LogP contribution in [0.5, 0.6) is 0 Å². The third-order valence-electron chi connectivity index (χ3n) is 2.84. The molecule has 5 nitrogen and oxygen atoms in total. The minimum Gasteiger partial charge on any atom is -0.472 e. The summed E-state index contributed by atoms with van der Waals surface area (Å²) in [5.41, 5.74) is 6.64. The lowest BCUT2D eigenvalue weighted by Gasteiger charge is -2.28. The summed E-state index contributed by atoms with van der Waals surface area (Å²) < 4.78 is 5.04. The molecule has 1 aromatic rings. The fourth-order valence-electron chi connectivity index (χ4n) is 1.90. The van der Waals surface area contributed by atoms with Crippen molar-refractivity contribution in [3.8, 4) is 0 Å². The van der Waals surface area contributed by atoms with Crippen molar-refractivity contribution in [1.82, 2.24) is 10.2 Å². The van der Waals surface area contributed by atoms with Gasteiger partial charge in [-0.05, 0) is 33.9 Å². The summed E-state index contributed by atoms with van der Waals surface area (Å²) in [5, 5.41) is 2.96. The summed E-state index contributed by atoms with van der Waals surface area (Å²) in [7, 11) is 1.97. The fourth-order valence-corrected chi connectivity index (χ4v) is 1.90. The van der Waals surface area contributed by atoms with Gasteiger partial charge in [-0.1, -0.05) is 0 Å². The third-order valence-corrected chi connectivity index (χ3v) is 2.84.